The van der Waals surface area contributed by atoms with Crippen LogP contribution in [0.15, 0.2) is 77.7 Å². The molecule has 0 spiro atoms. The SMILES string of the molecule is O=C(NCCNc1ccc([N+](=O)[O-])cc1)c1ccccc1SCC(=O)N1CCc2ccccc21. The number of anilines is 2. The van der Waals surface area contributed by atoms with Gasteiger partial charge in [-0.2, -0.15) is 0 Å². The number of non-ortho nitro benzene ring substituents is 1. The third-order valence-corrected chi connectivity index (χ3v) is 6.55. The Hall–Kier alpha value is -3.85. The number of nitro benzene ring substituents is 1. The number of para-hydroxylation sites is 1. The van der Waals surface area contributed by atoms with Crippen molar-refractivity contribution in [1.29, 1.82) is 0 Å². The zero-order chi connectivity index (χ0) is 23.9. The van der Waals surface area contributed by atoms with E-state index >= 15 is 0 Å². The Kier molecular flexibility index (Phi) is 7.44. The molecule has 8 nitrogen and oxygen atoms in total. The first-order chi connectivity index (χ1) is 16.5. The van der Waals surface area contributed by atoms with Gasteiger partial charge in [0, 0.05) is 48.0 Å². The number of nitro groups is 1. The van der Waals surface area contributed by atoms with Gasteiger partial charge in [-0.3, -0.25) is 19.7 Å². The number of hydrogen-bond acceptors (Lipinski definition) is 6. The first-order valence-corrected chi connectivity index (χ1v) is 11.9. The number of amides is 2. The number of carbonyl (C=O) groups excluding carboxylic acids is 2. The fourth-order valence-corrected chi connectivity index (χ4v) is 4.70. The molecule has 174 valence electrons. The smallest absolute Gasteiger partial charge is 0.269 e. The maximum absolute atomic E-state index is 12.8. The fraction of sp³-hybridized carbons (Fsp3) is 0.200. The van der Waals surface area contributed by atoms with Gasteiger partial charge in [0.1, 0.15) is 0 Å². The average Bonchev–Trinajstić information content (AvgIpc) is 3.30. The largest absolute Gasteiger partial charge is 0.383 e. The second-order valence-corrected chi connectivity index (χ2v) is 8.71. The predicted molar refractivity (Wildman–Crippen MR) is 134 cm³/mol. The predicted octanol–water partition coefficient (Wildman–Crippen LogP) is 4.12. The van der Waals surface area contributed by atoms with Crippen LogP contribution in [-0.4, -0.2) is 42.1 Å². The Balaban J connectivity index is 1.28. The summed E-state index contributed by atoms with van der Waals surface area (Å²) in [5.74, 6) is 0.0605. The number of nitrogens with zero attached hydrogens (tertiary/aromatic N) is 2. The van der Waals surface area contributed by atoms with E-state index in [1.807, 2.05) is 41.3 Å². The fourth-order valence-electron chi connectivity index (χ4n) is 3.77. The van der Waals surface area contributed by atoms with Crippen molar-refractivity contribution in [1.82, 2.24) is 5.32 Å². The molecule has 1 aliphatic rings. The molecule has 0 radical (unpaired) electrons. The summed E-state index contributed by atoms with van der Waals surface area (Å²) in [5.41, 5.74) is 3.44. The van der Waals surface area contributed by atoms with Crippen LogP contribution in [-0.2, 0) is 11.2 Å². The van der Waals surface area contributed by atoms with Gasteiger partial charge in [-0.15, -0.1) is 11.8 Å². The van der Waals surface area contributed by atoms with E-state index in [4.69, 9.17) is 0 Å². The van der Waals surface area contributed by atoms with E-state index in [2.05, 4.69) is 10.6 Å². The van der Waals surface area contributed by atoms with Crippen LogP contribution >= 0.6 is 11.8 Å². The monoisotopic (exact) mass is 476 g/mol. The Bertz CT molecular complexity index is 1200. The van der Waals surface area contributed by atoms with Gasteiger partial charge in [0.15, 0.2) is 0 Å². The van der Waals surface area contributed by atoms with Crippen molar-refractivity contribution in [2.45, 2.75) is 11.3 Å². The molecule has 0 aromatic heterocycles. The Morgan fingerprint density at radius 2 is 1.71 bits per heavy atom. The summed E-state index contributed by atoms with van der Waals surface area (Å²) in [4.78, 5) is 38.4. The van der Waals surface area contributed by atoms with Crippen molar-refractivity contribution in [3.63, 3.8) is 0 Å². The van der Waals surface area contributed by atoms with Crippen LogP contribution in [0.5, 0.6) is 0 Å². The number of rotatable bonds is 9. The Labute approximate surface area is 201 Å². The summed E-state index contributed by atoms with van der Waals surface area (Å²) < 4.78 is 0. The van der Waals surface area contributed by atoms with E-state index < -0.39 is 4.92 Å². The van der Waals surface area contributed by atoms with E-state index in [0.29, 0.717) is 25.2 Å². The van der Waals surface area contributed by atoms with Crippen molar-refractivity contribution in [2.75, 3.05) is 35.6 Å². The molecule has 3 aromatic carbocycles. The average molecular weight is 477 g/mol. The molecule has 2 amide bonds. The van der Waals surface area contributed by atoms with Crippen molar-refractivity contribution >= 4 is 40.6 Å². The van der Waals surface area contributed by atoms with Crippen LogP contribution < -0.4 is 15.5 Å². The molecule has 34 heavy (non-hydrogen) atoms. The van der Waals surface area contributed by atoms with E-state index in [1.54, 1.807) is 24.3 Å². The number of carbonyl (C=O) groups is 2. The van der Waals surface area contributed by atoms with Gasteiger partial charge in [-0.1, -0.05) is 30.3 Å². The van der Waals surface area contributed by atoms with Crippen molar-refractivity contribution < 1.29 is 14.5 Å². The lowest BCUT2D eigenvalue weighted by Gasteiger charge is -2.17. The molecule has 0 aliphatic carbocycles. The zero-order valence-corrected chi connectivity index (χ0v) is 19.2. The maximum atomic E-state index is 12.8. The van der Waals surface area contributed by atoms with Gasteiger partial charge >= 0.3 is 0 Å². The lowest BCUT2D eigenvalue weighted by atomic mass is 10.2. The first kappa shape index (κ1) is 23.3. The molecule has 2 N–H and O–H groups in total. The molecule has 1 aliphatic heterocycles. The van der Waals surface area contributed by atoms with Gasteiger partial charge in [-0.25, -0.2) is 0 Å². The van der Waals surface area contributed by atoms with Gasteiger partial charge in [-0.05, 0) is 42.3 Å². The highest BCUT2D eigenvalue weighted by Crippen LogP contribution is 2.29. The zero-order valence-electron chi connectivity index (χ0n) is 18.4. The number of benzene rings is 3. The van der Waals surface area contributed by atoms with E-state index in [9.17, 15) is 19.7 Å². The van der Waals surface area contributed by atoms with Crippen LogP contribution in [0.25, 0.3) is 0 Å². The quantitative estimate of drug-likeness (QED) is 0.208. The third-order valence-electron chi connectivity index (χ3n) is 5.49. The van der Waals surface area contributed by atoms with Crippen molar-refractivity contribution in [3.8, 4) is 0 Å². The van der Waals surface area contributed by atoms with Crippen LogP contribution in [0.1, 0.15) is 15.9 Å². The van der Waals surface area contributed by atoms with Gasteiger partial charge < -0.3 is 15.5 Å². The second kappa shape index (κ2) is 10.8. The summed E-state index contributed by atoms with van der Waals surface area (Å²) in [6.45, 7) is 1.52. The van der Waals surface area contributed by atoms with Gasteiger partial charge in [0.2, 0.25) is 5.91 Å². The standard InChI is InChI=1S/C25H24N4O4S/c30-24(28-16-13-18-5-1-3-7-22(18)28)17-34-23-8-4-2-6-21(23)25(31)27-15-14-26-19-9-11-20(12-10-19)29(32)33/h1-12,26H,13-17H2,(H,27,31). The molecule has 0 saturated heterocycles. The molecule has 1 heterocycles. The molecular formula is C25H24N4O4S. The summed E-state index contributed by atoms with van der Waals surface area (Å²) >= 11 is 1.36. The summed E-state index contributed by atoms with van der Waals surface area (Å²) in [5, 5.41) is 16.7. The minimum atomic E-state index is -0.447. The first-order valence-electron chi connectivity index (χ1n) is 10.9. The highest BCUT2D eigenvalue weighted by molar-refractivity contribution is 8.00. The van der Waals surface area contributed by atoms with Crippen LogP contribution in [0.4, 0.5) is 17.1 Å². The van der Waals surface area contributed by atoms with Crippen LogP contribution in [0, 0.1) is 10.1 Å². The van der Waals surface area contributed by atoms with E-state index in [1.165, 1.54) is 29.5 Å². The number of hydrogen-bond donors (Lipinski definition) is 2. The highest BCUT2D eigenvalue weighted by atomic mass is 32.2. The van der Waals surface area contributed by atoms with Gasteiger partial charge in [0.05, 0.1) is 16.2 Å². The van der Waals surface area contributed by atoms with E-state index in [0.717, 1.165) is 22.7 Å². The third kappa shape index (κ3) is 5.55. The van der Waals surface area contributed by atoms with Crippen molar-refractivity contribution in [3.05, 3.63) is 94.0 Å². The lowest BCUT2D eigenvalue weighted by Crippen LogP contribution is -2.31. The van der Waals surface area contributed by atoms with E-state index in [-0.39, 0.29) is 23.3 Å². The molecule has 0 atom stereocenters. The molecule has 4 rings (SSSR count). The topological polar surface area (TPSA) is 105 Å². The molecule has 0 saturated carbocycles. The van der Waals surface area contributed by atoms with Crippen LogP contribution in [0.2, 0.25) is 0 Å². The molecule has 0 unspecified atom stereocenters. The number of nitrogens with one attached hydrogen (secondary N) is 2. The molecular weight excluding hydrogens is 452 g/mol. The maximum Gasteiger partial charge on any atom is 0.269 e. The molecule has 3 aromatic rings. The molecule has 0 fully saturated rings. The lowest BCUT2D eigenvalue weighted by molar-refractivity contribution is -0.384. The Morgan fingerprint density at radius 1 is 0.971 bits per heavy atom. The number of thioether (sulfide) groups is 1. The molecule has 0 bridgehead atoms. The second-order valence-electron chi connectivity index (χ2n) is 7.70. The van der Waals surface area contributed by atoms with Crippen LogP contribution in [0.3, 0.4) is 0 Å². The minimum Gasteiger partial charge on any atom is -0.383 e. The highest BCUT2D eigenvalue weighted by Gasteiger charge is 2.24. The van der Waals surface area contributed by atoms with Gasteiger partial charge in [0.25, 0.3) is 11.6 Å². The summed E-state index contributed by atoms with van der Waals surface area (Å²) in [6, 6.07) is 21.3. The summed E-state index contributed by atoms with van der Waals surface area (Å²) in [7, 11) is 0. The Morgan fingerprint density at radius 3 is 2.50 bits per heavy atom. The summed E-state index contributed by atoms with van der Waals surface area (Å²) in [6.07, 6.45) is 0.861. The normalized spacial score (nSPS) is 12.2. The van der Waals surface area contributed by atoms with Crippen molar-refractivity contribution in [2.24, 2.45) is 0 Å². The number of fused-ring (bicyclic) bond motifs is 1. The molecule has 9 heteroatoms. The minimum absolute atomic E-state index is 0.0254.